The van der Waals surface area contributed by atoms with Crippen LogP contribution in [-0.2, 0) is 26.0 Å². The molecule has 6 heteroatoms. The summed E-state index contributed by atoms with van der Waals surface area (Å²) >= 11 is 0. The summed E-state index contributed by atoms with van der Waals surface area (Å²) in [6.07, 6.45) is 4.70. The van der Waals surface area contributed by atoms with E-state index in [-0.39, 0.29) is 16.3 Å². The SMILES string of the molecule is CC(C)(CCCCc1ccc(S(N)(=O)=O)cc1)CC(C)(C)C(=O)OC(C)(C)C. The molecule has 0 atom stereocenters. The molecule has 0 radical (unpaired) electrons. The first kappa shape index (κ1) is 24.6. The first-order chi connectivity index (χ1) is 12.5. The summed E-state index contributed by atoms with van der Waals surface area (Å²) in [5.41, 5.74) is 0.120. The molecule has 0 aliphatic rings. The lowest BCUT2D eigenvalue weighted by molar-refractivity contribution is -0.167. The molecule has 28 heavy (non-hydrogen) atoms. The summed E-state index contributed by atoms with van der Waals surface area (Å²) in [5, 5.41) is 5.12. The Hall–Kier alpha value is -1.40. The van der Waals surface area contributed by atoms with Gasteiger partial charge in [0.15, 0.2) is 0 Å². The van der Waals surface area contributed by atoms with Crippen LogP contribution < -0.4 is 5.14 Å². The number of primary sulfonamides is 1. The molecular weight excluding hydrogens is 374 g/mol. The third kappa shape index (κ3) is 8.74. The number of unbranched alkanes of at least 4 members (excludes halogenated alkanes) is 1. The smallest absolute Gasteiger partial charge is 0.312 e. The molecule has 1 aromatic carbocycles. The number of esters is 1. The zero-order chi connectivity index (χ0) is 21.8. The monoisotopic (exact) mass is 411 g/mol. The van der Waals surface area contributed by atoms with Gasteiger partial charge in [0.25, 0.3) is 0 Å². The van der Waals surface area contributed by atoms with Gasteiger partial charge < -0.3 is 4.74 Å². The predicted molar refractivity (Wildman–Crippen MR) is 113 cm³/mol. The molecule has 160 valence electrons. The lowest BCUT2D eigenvalue weighted by Gasteiger charge is -2.35. The zero-order valence-electron chi connectivity index (χ0n) is 18.5. The van der Waals surface area contributed by atoms with Crippen LogP contribution in [-0.4, -0.2) is 20.0 Å². The maximum atomic E-state index is 12.5. The zero-order valence-corrected chi connectivity index (χ0v) is 19.3. The molecule has 1 aromatic rings. The van der Waals surface area contributed by atoms with E-state index in [1.807, 2.05) is 46.8 Å². The Labute approximate surface area is 171 Å². The van der Waals surface area contributed by atoms with Crippen LogP contribution in [0.15, 0.2) is 29.2 Å². The molecule has 0 aliphatic carbocycles. The van der Waals surface area contributed by atoms with Crippen molar-refractivity contribution in [3.05, 3.63) is 29.8 Å². The molecule has 0 amide bonds. The van der Waals surface area contributed by atoms with Gasteiger partial charge in [-0.2, -0.15) is 0 Å². The lowest BCUT2D eigenvalue weighted by atomic mass is 9.72. The van der Waals surface area contributed by atoms with Crippen LogP contribution in [0.2, 0.25) is 0 Å². The van der Waals surface area contributed by atoms with Crippen LogP contribution in [0.4, 0.5) is 0 Å². The standard InChI is InChI=1S/C22H37NO4S/c1-20(2,3)27-19(24)22(6,7)16-21(4,5)15-9-8-10-17-11-13-18(14-12-17)28(23,25)26/h11-14H,8-10,15-16H2,1-7H3,(H2,23,25,26). The predicted octanol–water partition coefficient (Wildman–Crippen LogP) is 4.83. The van der Waals surface area contributed by atoms with Gasteiger partial charge in [-0.1, -0.05) is 32.4 Å². The molecular formula is C22H37NO4S. The number of nitrogens with two attached hydrogens (primary N) is 1. The Kier molecular flexibility index (Phi) is 7.88. The van der Waals surface area contributed by atoms with Crippen LogP contribution in [0.3, 0.4) is 0 Å². The van der Waals surface area contributed by atoms with Crippen LogP contribution in [0.25, 0.3) is 0 Å². The van der Waals surface area contributed by atoms with E-state index in [2.05, 4.69) is 13.8 Å². The minimum absolute atomic E-state index is 0.0257. The maximum Gasteiger partial charge on any atom is 0.312 e. The van der Waals surface area contributed by atoms with Gasteiger partial charge in [0, 0.05) is 0 Å². The summed E-state index contributed by atoms with van der Waals surface area (Å²) in [4.78, 5) is 12.6. The van der Waals surface area contributed by atoms with Gasteiger partial charge in [-0.3, -0.25) is 4.79 Å². The second-order valence-corrected chi connectivity index (χ2v) is 11.7. The topological polar surface area (TPSA) is 86.5 Å². The number of aryl methyl sites for hydroxylation is 1. The largest absolute Gasteiger partial charge is 0.460 e. The second kappa shape index (κ2) is 8.95. The fraction of sp³-hybridized carbons (Fsp3) is 0.682. The lowest BCUT2D eigenvalue weighted by Crippen LogP contribution is -2.36. The Bertz CT molecular complexity index is 757. The average Bonchev–Trinajstić information content (AvgIpc) is 2.48. The molecule has 0 saturated carbocycles. The first-order valence-electron chi connectivity index (χ1n) is 9.87. The van der Waals surface area contributed by atoms with Crippen LogP contribution in [0.5, 0.6) is 0 Å². The van der Waals surface area contributed by atoms with E-state index < -0.39 is 21.0 Å². The minimum Gasteiger partial charge on any atom is -0.460 e. The highest BCUT2D eigenvalue weighted by Gasteiger charge is 2.37. The third-order valence-corrected chi connectivity index (χ3v) is 5.62. The molecule has 0 heterocycles. The van der Waals surface area contributed by atoms with Crippen molar-refractivity contribution in [2.75, 3.05) is 0 Å². The Morgan fingerprint density at radius 1 is 0.964 bits per heavy atom. The highest BCUT2D eigenvalue weighted by Crippen LogP contribution is 2.39. The van der Waals surface area contributed by atoms with Gasteiger partial charge in [-0.05, 0) is 83.4 Å². The summed E-state index contributed by atoms with van der Waals surface area (Å²) in [5.74, 6) is -0.150. The number of carbonyl (C=O) groups is 1. The Balaban J connectivity index is 2.51. The van der Waals surface area contributed by atoms with E-state index in [0.29, 0.717) is 0 Å². The van der Waals surface area contributed by atoms with Gasteiger partial charge in [-0.15, -0.1) is 0 Å². The van der Waals surface area contributed by atoms with Gasteiger partial charge >= 0.3 is 5.97 Å². The Morgan fingerprint density at radius 2 is 1.50 bits per heavy atom. The number of ether oxygens (including phenoxy) is 1. The second-order valence-electron chi connectivity index (χ2n) is 10.1. The molecule has 0 fully saturated rings. The number of rotatable bonds is 9. The molecule has 0 bridgehead atoms. The number of hydrogen-bond donors (Lipinski definition) is 1. The van der Waals surface area contributed by atoms with E-state index in [4.69, 9.17) is 9.88 Å². The maximum absolute atomic E-state index is 12.5. The van der Waals surface area contributed by atoms with E-state index in [1.165, 1.54) is 0 Å². The average molecular weight is 412 g/mol. The highest BCUT2D eigenvalue weighted by molar-refractivity contribution is 7.89. The van der Waals surface area contributed by atoms with Gasteiger partial charge in [0.1, 0.15) is 5.60 Å². The summed E-state index contributed by atoms with van der Waals surface area (Å²) in [6.45, 7) is 14.0. The van der Waals surface area contributed by atoms with Crippen molar-refractivity contribution in [3.8, 4) is 0 Å². The quantitative estimate of drug-likeness (QED) is 0.466. The molecule has 0 aliphatic heterocycles. The van der Waals surface area contributed by atoms with Crippen LogP contribution in [0, 0.1) is 10.8 Å². The fourth-order valence-electron chi connectivity index (χ4n) is 3.55. The van der Waals surface area contributed by atoms with Crippen molar-refractivity contribution in [1.29, 1.82) is 0 Å². The summed E-state index contributed by atoms with van der Waals surface area (Å²) < 4.78 is 28.2. The normalized spacial score (nSPS) is 13.4. The van der Waals surface area contributed by atoms with Crippen molar-refractivity contribution < 1.29 is 17.9 Å². The van der Waals surface area contributed by atoms with Gasteiger partial charge in [0.05, 0.1) is 10.3 Å². The van der Waals surface area contributed by atoms with E-state index >= 15 is 0 Å². The van der Waals surface area contributed by atoms with Crippen LogP contribution in [0.1, 0.15) is 79.7 Å². The van der Waals surface area contributed by atoms with Crippen molar-refractivity contribution in [2.24, 2.45) is 16.0 Å². The van der Waals surface area contributed by atoms with E-state index in [0.717, 1.165) is 37.7 Å². The molecule has 0 saturated heterocycles. The molecule has 1 rings (SSSR count). The fourth-order valence-corrected chi connectivity index (χ4v) is 4.07. The van der Waals surface area contributed by atoms with Gasteiger partial charge in [-0.25, -0.2) is 13.6 Å². The number of carbonyl (C=O) groups excluding carboxylic acids is 1. The van der Waals surface area contributed by atoms with E-state index in [9.17, 15) is 13.2 Å². The molecule has 0 unspecified atom stereocenters. The molecule has 2 N–H and O–H groups in total. The number of sulfonamides is 1. The number of benzene rings is 1. The first-order valence-corrected chi connectivity index (χ1v) is 11.4. The van der Waals surface area contributed by atoms with Crippen LogP contribution >= 0.6 is 0 Å². The van der Waals surface area contributed by atoms with Gasteiger partial charge in [0.2, 0.25) is 10.0 Å². The molecule has 0 spiro atoms. The highest BCUT2D eigenvalue weighted by atomic mass is 32.2. The van der Waals surface area contributed by atoms with Crippen molar-refractivity contribution in [3.63, 3.8) is 0 Å². The Morgan fingerprint density at radius 3 is 1.96 bits per heavy atom. The van der Waals surface area contributed by atoms with Crippen molar-refractivity contribution in [2.45, 2.75) is 91.1 Å². The molecule has 0 aromatic heterocycles. The van der Waals surface area contributed by atoms with Crippen molar-refractivity contribution in [1.82, 2.24) is 0 Å². The minimum atomic E-state index is -3.64. The summed E-state index contributed by atoms with van der Waals surface area (Å²) in [6, 6.07) is 6.74. The summed E-state index contributed by atoms with van der Waals surface area (Å²) in [7, 11) is -3.64. The third-order valence-electron chi connectivity index (χ3n) is 4.69. The number of hydrogen-bond acceptors (Lipinski definition) is 4. The van der Waals surface area contributed by atoms with Crippen molar-refractivity contribution >= 4 is 16.0 Å². The molecule has 5 nitrogen and oxygen atoms in total. The van der Waals surface area contributed by atoms with E-state index in [1.54, 1.807) is 12.1 Å².